The lowest BCUT2D eigenvalue weighted by molar-refractivity contribution is 0.0986. The van der Waals surface area contributed by atoms with E-state index in [2.05, 4.69) is 15.3 Å². The Labute approximate surface area is 121 Å². The predicted octanol–water partition coefficient (Wildman–Crippen LogP) is 2.77. The SMILES string of the molecule is CCC(=O)c1ccc(NC(=O)c2cncc(F)c2C)nc1. The molecule has 0 atom stereocenters. The quantitative estimate of drug-likeness (QED) is 0.878. The van der Waals surface area contributed by atoms with Gasteiger partial charge >= 0.3 is 0 Å². The molecule has 5 nitrogen and oxygen atoms in total. The van der Waals surface area contributed by atoms with Gasteiger partial charge in [0.05, 0.1) is 11.8 Å². The molecule has 0 unspecified atom stereocenters. The van der Waals surface area contributed by atoms with Crippen LogP contribution in [0.2, 0.25) is 0 Å². The summed E-state index contributed by atoms with van der Waals surface area (Å²) in [6, 6.07) is 3.12. The number of halogens is 1. The first-order valence-corrected chi connectivity index (χ1v) is 6.43. The lowest BCUT2D eigenvalue weighted by Gasteiger charge is -2.07. The summed E-state index contributed by atoms with van der Waals surface area (Å²) >= 11 is 0. The highest BCUT2D eigenvalue weighted by atomic mass is 19.1. The Hall–Kier alpha value is -2.63. The van der Waals surface area contributed by atoms with Crippen molar-refractivity contribution in [3.05, 3.63) is 53.2 Å². The van der Waals surface area contributed by atoms with E-state index in [0.717, 1.165) is 6.20 Å². The summed E-state index contributed by atoms with van der Waals surface area (Å²) in [7, 11) is 0. The van der Waals surface area contributed by atoms with E-state index in [-0.39, 0.29) is 22.7 Å². The summed E-state index contributed by atoms with van der Waals surface area (Å²) in [5.41, 5.74) is 0.852. The van der Waals surface area contributed by atoms with E-state index in [4.69, 9.17) is 0 Å². The summed E-state index contributed by atoms with van der Waals surface area (Å²) in [6.07, 6.45) is 4.14. The van der Waals surface area contributed by atoms with Gasteiger partial charge in [0, 0.05) is 29.9 Å². The molecule has 0 saturated heterocycles. The van der Waals surface area contributed by atoms with Gasteiger partial charge in [0.15, 0.2) is 5.78 Å². The van der Waals surface area contributed by atoms with Crippen LogP contribution in [0.5, 0.6) is 0 Å². The fraction of sp³-hybridized carbons (Fsp3) is 0.200. The topological polar surface area (TPSA) is 72.0 Å². The van der Waals surface area contributed by atoms with Crippen molar-refractivity contribution in [2.75, 3.05) is 5.32 Å². The number of hydrogen-bond donors (Lipinski definition) is 1. The molecule has 21 heavy (non-hydrogen) atoms. The fourth-order valence-corrected chi connectivity index (χ4v) is 1.75. The third kappa shape index (κ3) is 3.28. The maximum absolute atomic E-state index is 13.4. The van der Waals surface area contributed by atoms with Gasteiger partial charge in [0.2, 0.25) is 0 Å². The smallest absolute Gasteiger partial charge is 0.258 e. The van der Waals surface area contributed by atoms with Crippen molar-refractivity contribution in [1.29, 1.82) is 0 Å². The maximum atomic E-state index is 13.4. The standard InChI is InChI=1S/C15H14FN3O2/c1-3-13(20)10-4-5-14(18-6-10)19-15(21)11-7-17-8-12(16)9(11)2/h4-8H,3H2,1-2H3,(H,18,19,21). The Morgan fingerprint density at radius 1 is 1.24 bits per heavy atom. The molecule has 0 bridgehead atoms. The molecule has 0 fully saturated rings. The number of ketones is 1. The molecule has 0 aliphatic carbocycles. The maximum Gasteiger partial charge on any atom is 0.258 e. The molecular weight excluding hydrogens is 273 g/mol. The lowest BCUT2D eigenvalue weighted by Crippen LogP contribution is -2.15. The largest absolute Gasteiger partial charge is 0.307 e. The van der Waals surface area contributed by atoms with Crippen LogP contribution in [0.1, 0.15) is 39.6 Å². The highest BCUT2D eigenvalue weighted by molar-refractivity contribution is 6.04. The van der Waals surface area contributed by atoms with Crippen molar-refractivity contribution in [1.82, 2.24) is 9.97 Å². The molecular formula is C15H14FN3O2. The predicted molar refractivity (Wildman–Crippen MR) is 75.7 cm³/mol. The molecule has 1 N–H and O–H groups in total. The summed E-state index contributed by atoms with van der Waals surface area (Å²) in [6.45, 7) is 3.26. The van der Waals surface area contributed by atoms with Gasteiger partial charge in [-0.3, -0.25) is 14.6 Å². The summed E-state index contributed by atoms with van der Waals surface area (Å²) in [5.74, 6) is -0.775. The average Bonchev–Trinajstić information content (AvgIpc) is 2.50. The second-order valence-corrected chi connectivity index (χ2v) is 4.46. The van der Waals surface area contributed by atoms with Gasteiger partial charge in [-0.05, 0) is 19.1 Å². The second kappa shape index (κ2) is 6.21. The molecule has 2 heterocycles. The minimum Gasteiger partial charge on any atom is -0.307 e. The number of anilines is 1. The first-order chi connectivity index (χ1) is 10.0. The van der Waals surface area contributed by atoms with Gasteiger partial charge < -0.3 is 5.32 Å². The molecule has 1 amide bonds. The Morgan fingerprint density at radius 2 is 2.00 bits per heavy atom. The van der Waals surface area contributed by atoms with Crippen molar-refractivity contribution in [2.24, 2.45) is 0 Å². The number of nitrogens with one attached hydrogen (secondary N) is 1. The van der Waals surface area contributed by atoms with Crippen LogP contribution >= 0.6 is 0 Å². The van der Waals surface area contributed by atoms with E-state index in [0.29, 0.717) is 12.0 Å². The van der Waals surface area contributed by atoms with E-state index < -0.39 is 11.7 Å². The molecule has 0 saturated carbocycles. The fourth-order valence-electron chi connectivity index (χ4n) is 1.75. The van der Waals surface area contributed by atoms with Crippen molar-refractivity contribution in [3.63, 3.8) is 0 Å². The number of carbonyl (C=O) groups excluding carboxylic acids is 2. The van der Waals surface area contributed by atoms with Crippen LogP contribution in [-0.2, 0) is 0 Å². The lowest BCUT2D eigenvalue weighted by atomic mass is 10.1. The van der Waals surface area contributed by atoms with Crippen LogP contribution in [0.25, 0.3) is 0 Å². The molecule has 0 aliphatic rings. The number of aromatic nitrogens is 2. The molecule has 2 aromatic rings. The second-order valence-electron chi connectivity index (χ2n) is 4.46. The zero-order valence-electron chi connectivity index (χ0n) is 11.7. The van der Waals surface area contributed by atoms with Gasteiger partial charge in [0.1, 0.15) is 11.6 Å². The van der Waals surface area contributed by atoms with Crippen LogP contribution in [-0.4, -0.2) is 21.7 Å². The minimum atomic E-state index is -0.542. The first kappa shape index (κ1) is 14.8. The number of amides is 1. The molecule has 0 aliphatic heterocycles. The van der Waals surface area contributed by atoms with Crippen LogP contribution in [0.15, 0.2) is 30.7 Å². The average molecular weight is 287 g/mol. The number of carbonyl (C=O) groups is 2. The van der Waals surface area contributed by atoms with Crippen LogP contribution < -0.4 is 5.32 Å². The van der Waals surface area contributed by atoms with Crippen LogP contribution in [0.3, 0.4) is 0 Å². The summed E-state index contributed by atoms with van der Waals surface area (Å²) < 4.78 is 13.4. The van der Waals surface area contributed by atoms with Gasteiger partial charge in [-0.25, -0.2) is 9.37 Å². The van der Waals surface area contributed by atoms with E-state index in [1.54, 1.807) is 13.0 Å². The van der Waals surface area contributed by atoms with Crippen LogP contribution in [0.4, 0.5) is 10.2 Å². The summed E-state index contributed by atoms with van der Waals surface area (Å²) in [4.78, 5) is 31.2. The van der Waals surface area contributed by atoms with E-state index in [1.807, 2.05) is 0 Å². The molecule has 0 radical (unpaired) electrons. The van der Waals surface area contributed by atoms with Crippen LogP contribution in [0, 0.1) is 12.7 Å². The zero-order chi connectivity index (χ0) is 15.4. The Balaban J connectivity index is 2.16. The van der Waals surface area contributed by atoms with E-state index in [1.165, 1.54) is 25.4 Å². The molecule has 6 heteroatoms. The summed E-state index contributed by atoms with van der Waals surface area (Å²) in [5, 5.41) is 2.54. The normalized spacial score (nSPS) is 10.2. The molecule has 0 aromatic carbocycles. The van der Waals surface area contributed by atoms with E-state index in [9.17, 15) is 14.0 Å². The van der Waals surface area contributed by atoms with Crippen molar-refractivity contribution in [3.8, 4) is 0 Å². The van der Waals surface area contributed by atoms with E-state index >= 15 is 0 Å². The molecule has 2 rings (SSSR count). The Bertz CT molecular complexity index is 684. The molecule has 0 spiro atoms. The number of rotatable bonds is 4. The third-order valence-electron chi connectivity index (χ3n) is 3.05. The Morgan fingerprint density at radius 3 is 2.62 bits per heavy atom. The number of hydrogen-bond acceptors (Lipinski definition) is 4. The highest BCUT2D eigenvalue weighted by Gasteiger charge is 2.13. The van der Waals surface area contributed by atoms with Gasteiger partial charge in [-0.2, -0.15) is 0 Å². The van der Waals surface area contributed by atoms with Gasteiger partial charge in [0.25, 0.3) is 5.91 Å². The number of nitrogens with zero attached hydrogens (tertiary/aromatic N) is 2. The van der Waals surface area contributed by atoms with Crippen molar-refractivity contribution in [2.45, 2.75) is 20.3 Å². The van der Waals surface area contributed by atoms with Crippen molar-refractivity contribution >= 4 is 17.5 Å². The minimum absolute atomic E-state index is 0.0226. The number of pyridine rings is 2. The van der Waals surface area contributed by atoms with Crippen molar-refractivity contribution < 1.29 is 14.0 Å². The molecule has 108 valence electrons. The highest BCUT2D eigenvalue weighted by Crippen LogP contribution is 2.13. The first-order valence-electron chi connectivity index (χ1n) is 6.43. The third-order valence-corrected chi connectivity index (χ3v) is 3.05. The Kier molecular flexibility index (Phi) is 4.37. The monoisotopic (exact) mass is 287 g/mol. The zero-order valence-corrected chi connectivity index (χ0v) is 11.7. The van der Waals surface area contributed by atoms with Gasteiger partial charge in [-0.15, -0.1) is 0 Å². The molecule has 2 aromatic heterocycles. The van der Waals surface area contributed by atoms with Gasteiger partial charge in [-0.1, -0.05) is 6.92 Å². The number of Topliss-reactive ketones (excluding diaryl/α,β-unsaturated/α-hetero) is 1.